The predicted octanol–water partition coefficient (Wildman–Crippen LogP) is -1.000. The first kappa shape index (κ1) is 8.05. The van der Waals surface area contributed by atoms with Crippen molar-refractivity contribution in [2.24, 2.45) is 5.92 Å². The van der Waals surface area contributed by atoms with Crippen molar-refractivity contribution in [2.75, 3.05) is 13.1 Å². The van der Waals surface area contributed by atoms with E-state index in [4.69, 9.17) is 0 Å². The molecule has 3 heterocycles. The molecule has 0 aromatic heterocycles. The van der Waals surface area contributed by atoms with E-state index in [9.17, 15) is 14.8 Å². The number of nitrogens with zero attached hydrogens (tertiary/aromatic N) is 2. The van der Waals surface area contributed by atoms with E-state index in [0.29, 0.717) is 19.5 Å². The Bertz CT molecular complexity index is 319. The number of urea groups is 1. The molecule has 0 aromatic rings. The van der Waals surface area contributed by atoms with Crippen molar-refractivity contribution in [3.63, 3.8) is 0 Å². The van der Waals surface area contributed by atoms with Gasteiger partial charge in [-0.2, -0.15) is 0 Å². The SMILES string of the molecule is O=C1NC[C@@H]2C[C@@H]3CN(C(=O)N3O)[C@H]12. The van der Waals surface area contributed by atoms with Crippen LogP contribution in [0.1, 0.15) is 6.42 Å². The molecule has 2 N–H and O–H groups in total. The first-order chi connectivity index (χ1) is 6.68. The zero-order valence-electron chi connectivity index (χ0n) is 7.51. The maximum atomic E-state index is 11.5. The maximum Gasteiger partial charge on any atom is 0.344 e. The van der Waals surface area contributed by atoms with Crippen LogP contribution >= 0.6 is 0 Å². The van der Waals surface area contributed by atoms with Crippen molar-refractivity contribution in [1.29, 1.82) is 0 Å². The molecule has 3 fully saturated rings. The molecular formula is C8H11N3O3. The Hall–Kier alpha value is -1.30. The fraction of sp³-hybridized carbons (Fsp3) is 0.750. The normalized spacial score (nSPS) is 40.2. The van der Waals surface area contributed by atoms with Crippen LogP contribution in [0.15, 0.2) is 0 Å². The minimum atomic E-state index is -0.431. The van der Waals surface area contributed by atoms with E-state index in [1.807, 2.05) is 0 Å². The lowest BCUT2D eigenvalue weighted by Crippen LogP contribution is -2.47. The summed E-state index contributed by atoms with van der Waals surface area (Å²) in [6.45, 7) is 1.10. The second-order valence-electron chi connectivity index (χ2n) is 4.12. The quantitative estimate of drug-likeness (QED) is 0.489. The molecule has 0 aliphatic carbocycles. The Morgan fingerprint density at radius 1 is 1.43 bits per heavy atom. The number of carbonyl (C=O) groups is 2. The van der Waals surface area contributed by atoms with Gasteiger partial charge in [-0.15, -0.1) is 0 Å². The fourth-order valence-electron chi connectivity index (χ4n) is 2.70. The van der Waals surface area contributed by atoms with Gasteiger partial charge in [-0.05, 0) is 6.42 Å². The number of fused-ring (bicyclic) bond motifs is 4. The summed E-state index contributed by atoms with van der Waals surface area (Å²) in [5.41, 5.74) is 0. The zero-order chi connectivity index (χ0) is 9.87. The molecule has 3 rings (SSSR count). The molecule has 6 nitrogen and oxygen atoms in total. The first-order valence-electron chi connectivity index (χ1n) is 4.75. The van der Waals surface area contributed by atoms with Crippen LogP contribution in [-0.4, -0.2) is 52.3 Å². The monoisotopic (exact) mass is 197 g/mol. The molecule has 14 heavy (non-hydrogen) atoms. The van der Waals surface area contributed by atoms with Gasteiger partial charge < -0.3 is 10.2 Å². The van der Waals surface area contributed by atoms with E-state index >= 15 is 0 Å². The molecule has 0 spiro atoms. The van der Waals surface area contributed by atoms with Crippen LogP contribution in [0.2, 0.25) is 0 Å². The maximum absolute atomic E-state index is 11.5. The van der Waals surface area contributed by atoms with Gasteiger partial charge in [0.1, 0.15) is 6.04 Å². The van der Waals surface area contributed by atoms with Gasteiger partial charge in [0, 0.05) is 19.0 Å². The molecule has 3 aliphatic rings. The van der Waals surface area contributed by atoms with Crippen molar-refractivity contribution in [3.05, 3.63) is 0 Å². The van der Waals surface area contributed by atoms with Crippen LogP contribution in [-0.2, 0) is 4.79 Å². The average Bonchev–Trinajstić information content (AvgIpc) is 2.65. The third-order valence-corrected chi connectivity index (χ3v) is 3.36. The van der Waals surface area contributed by atoms with E-state index in [-0.39, 0.29) is 23.9 Å². The topological polar surface area (TPSA) is 72.9 Å². The predicted molar refractivity (Wildman–Crippen MR) is 44.4 cm³/mol. The molecule has 0 saturated carbocycles. The van der Waals surface area contributed by atoms with E-state index < -0.39 is 6.03 Å². The number of hydroxylamine groups is 2. The van der Waals surface area contributed by atoms with Gasteiger partial charge in [0.25, 0.3) is 0 Å². The Labute approximate surface area is 80.4 Å². The third-order valence-electron chi connectivity index (χ3n) is 3.36. The number of hydrogen-bond donors (Lipinski definition) is 2. The first-order valence-corrected chi connectivity index (χ1v) is 4.75. The molecule has 3 atom stereocenters. The Balaban J connectivity index is 1.97. The largest absolute Gasteiger partial charge is 0.354 e. The lowest BCUT2D eigenvalue weighted by Gasteiger charge is -2.30. The van der Waals surface area contributed by atoms with Gasteiger partial charge in [0.2, 0.25) is 5.91 Å². The van der Waals surface area contributed by atoms with Gasteiger partial charge in [0.05, 0.1) is 6.04 Å². The number of rotatable bonds is 0. The Morgan fingerprint density at radius 3 is 3.00 bits per heavy atom. The lowest BCUT2D eigenvalue weighted by molar-refractivity contribution is -0.123. The van der Waals surface area contributed by atoms with E-state index in [0.717, 1.165) is 5.06 Å². The van der Waals surface area contributed by atoms with Crippen LogP contribution in [0, 0.1) is 5.92 Å². The molecule has 3 amide bonds. The summed E-state index contributed by atoms with van der Waals surface area (Å²) < 4.78 is 0. The molecule has 0 radical (unpaired) electrons. The second kappa shape index (κ2) is 2.38. The summed E-state index contributed by atoms with van der Waals surface area (Å²) in [7, 11) is 0. The molecule has 0 aromatic carbocycles. The van der Waals surface area contributed by atoms with E-state index in [2.05, 4.69) is 5.32 Å². The van der Waals surface area contributed by atoms with Crippen LogP contribution in [0.5, 0.6) is 0 Å². The van der Waals surface area contributed by atoms with Crippen LogP contribution < -0.4 is 5.32 Å². The van der Waals surface area contributed by atoms with Gasteiger partial charge in [-0.1, -0.05) is 0 Å². The summed E-state index contributed by atoms with van der Waals surface area (Å²) in [6, 6.07) is -0.910. The molecule has 2 bridgehead atoms. The fourth-order valence-corrected chi connectivity index (χ4v) is 2.70. The summed E-state index contributed by atoms with van der Waals surface area (Å²) >= 11 is 0. The third kappa shape index (κ3) is 0.790. The zero-order valence-corrected chi connectivity index (χ0v) is 7.51. The molecule has 3 saturated heterocycles. The summed E-state index contributed by atoms with van der Waals surface area (Å²) in [5.74, 6) is 0.0828. The summed E-state index contributed by atoms with van der Waals surface area (Å²) in [4.78, 5) is 24.4. The van der Waals surface area contributed by atoms with Crippen LogP contribution in [0.4, 0.5) is 4.79 Å². The van der Waals surface area contributed by atoms with Gasteiger partial charge in [-0.25, -0.2) is 9.86 Å². The molecule has 0 unspecified atom stereocenters. The number of carbonyl (C=O) groups excluding carboxylic acids is 2. The highest BCUT2D eigenvalue weighted by Crippen LogP contribution is 2.34. The van der Waals surface area contributed by atoms with Crippen LogP contribution in [0.25, 0.3) is 0 Å². The van der Waals surface area contributed by atoms with Gasteiger partial charge in [-0.3, -0.25) is 10.0 Å². The molecular weight excluding hydrogens is 186 g/mol. The lowest BCUT2D eigenvalue weighted by atomic mass is 9.91. The number of hydrogen-bond acceptors (Lipinski definition) is 3. The van der Waals surface area contributed by atoms with Crippen molar-refractivity contribution in [3.8, 4) is 0 Å². The molecule has 3 aliphatic heterocycles. The van der Waals surface area contributed by atoms with Crippen molar-refractivity contribution >= 4 is 11.9 Å². The van der Waals surface area contributed by atoms with Gasteiger partial charge in [0.15, 0.2) is 0 Å². The smallest absolute Gasteiger partial charge is 0.344 e. The molecule has 76 valence electrons. The van der Waals surface area contributed by atoms with Crippen molar-refractivity contribution in [1.82, 2.24) is 15.3 Å². The Morgan fingerprint density at radius 2 is 2.21 bits per heavy atom. The van der Waals surface area contributed by atoms with E-state index in [1.54, 1.807) is 0 Å². The Kier molecular flexibility index (Phi) is 1.37. The summed E-state index contributed by atoms with van der Waals surface area (Å²) in [5, 5.41) is 12.9. The van der Waals surface area contributed by atoms with Gasteiger partial charge >= 0.3 is 6.03 Å². The highest BCUT2D eigenvalue weighted by atomic mass is 16.5. The standard InChI is InChI=1S/C8H11N3O3/c12-7-6-4(2-9-7)1-5-3-10(6)8(13)11(5)14/h4-6,14H,1-3H2,(H,9,12)/t4-,5+,6-/m0/s1. The minimum absolute atomic E-state index is 0.0860. The number of amides is 3. The minimum Gasteiger partial charge on any atom is -0.354 e. The summed E-state index contributed by atoms with van der Waals surface area (Å²) in [6.07, 6.45) is 0.710. The number of nitrogens with one attached hydrogen (secondary N) is 1. The van der Waals surface area contributed by atoms with Crippen molar-refractivity contribution in [2.45, 2.75) is 18.5 Å². The average molecular weight is 197 g/mol. The van der Waals surface area contributed by atoms with Crippen molar-refractivity contribution < 1.29 is 14.8 Å². The highest BCUT2D eigenvalue weighted by molar-refractivity contribution is 5.90. The highest BCUT2D eigenvalue weighted by Gasteiger charge is 2.53. The second-order valence-corrected chi connectivity index (χ2v) is 4.12. The van der Waals surface area contributed by atoms with E-state index in [1.165, 1.54) is 4.90 Å². The van der Waals surface area contributed by atoms with Crippen LogP contribution in [0.3, 0.4) is 0 Å². The molecule has 6 heteroatoms. The number of piperidine rings is 1.